The zero-order chi connectivity index (χ0) is 15.2. The molecule has 0 radical (unpaired) electrons. The van der Waals surface area contributed by atoms with Crippen LogP contribution in [0.5, 0.6) is 0 Å². The summed E-state index contributed by atoms with van der Waals surface area (Å²) in [5, 5.41) is 2.51. The summed E-state index contributed by atoms with van der Waals surface area (Å²) in [6.07, 6.45) is 0. The summed E-state index contributed by atoms with van der Waals surface area (Å²) in [6.45, 7) is 6.89. The summed E-state index contributed by atoms with van der Waals surface area (Å²) in [5.74, 6) is 0. The Bertz CT molecular complexity index is 568. The van der Waals surface area contributed by atoms with E-state index in [4.69, 9.17) is 10.5 Å². The van der Waals surface area contributed by atoms with Gasteiger partial charge in [-0.05, 0) is 36.2 Å². The maximum absolute atomic E-state index is 6.41. The zero-order valence-electron chi connectivity index (χ0n) is 13.3. The van der Waals surface area contributed by atoms with Crippen LogP contribution in [0.25, 0.3) is 10.8 Å². The third kappa shape index (κ3) is 4.27. The van der Waals surface area contributed by atoms with Gasteiger partial charge in [-0.1, -0.05) is 36.4 Å². The van der Waals surface area contributed by atoms with Crippen LogP contribution in [0.2, 0.25) is 0 Å². The van der Waals surface area contributed by atoms with Crippen molar-refractivity contribution in [2.24, 2.45) is 5.73 Å². The monoisotopic (exact) mass is 286 g/mol. The van der Waals surface area contributed by atoms with Crippen LogP contribution in [0.1, 0.15) is 25.5 Å². The van der Waals surface area contributed by atoms with Crippen LogP contribution in [-0.2, 0) is 4.74 Å². The van der Waals surface area contributed by atoms with Gasteiger partial charge in [-0.15, -0.1) is 0 Å². The van der Waals surface area contributed by atoms with Crippen LogP contribution in [0.15, 0.2) is 42.5 Å². The highest BCUT2D eigenvalue weighted by molar-refractivity contribution is 5.83. The molecule has 0 aliphatic carbocycles. The van der Waals surface area contributed by atoms with Gasteiger partial charge in [0.15, 0.2) is 0 Å². The van der Waals surface area contributed by atoms with Gasteiger partial charge in [0, 0.05) is 32.3 Å². The second kappa shape index (κ2) is 7.55. The fraction of sp³-hybridized carbons (Fsp3) is 0.444. The van der Waals surface area contributed by atoms with Crippen molar-refractivity contribution in [3.8, 4) is 0 Å². The highest BCUT2D eigenvalue weighted by Gasteiger charge is 2.15. The second-order valence-electron chi connectivity index (χ2n) is 5.79. The Kier molecular flexibility index (Phi) is 5.74. The van der Waals surface area contributed by atoms with Crippen LogP contribution in [0.3, 0.4) is 0 Å². The molecule has 21 heavy (non-hydrogen) atoms. The number of hydrogen-bond donors (Lipinski definition) is 1. The highest BCUT2D eigenvalue weighted by atomic mass is 16.5. The zero-order valence-corrected chi connectivity index (χ0v) is 13.3. The van der Waals surface area contributed by atoms with Crippen LogP contribution in [-0.4, -0.2) is 37.7 Å². The number of ether oxygens (including phenoxy) is 1. The molecular weight excluding hydrogens is 260 g/mol. The van der Waals surface area contributed by atoms with Gasteiger partial charge in [0.2, 0.25) is 0 Å². The molecule has 0 bridgehead atoms. The summed E-state index contributed by atoms with van der Waals surface area (Å²) in [6, 6.07) is 15.4. The van der Waals surface area contributed by atoms with Crippen LogP contribution in [0, 0.1) is 0 Å². The van der Waals surface area contributed by atoms with Crippen molar-refractivity contribution in [3.05, 3.63) is 48.0 Å². The van der Waals surface area contributed by atoms with Gasteiger partial charge in [-0.25, -0.2) is 0 Å². The molecule has 0 aromatic heterocycles. The summed E-state index contributed by atoms with van der Waals surface area (Å²) < 4.78 is 5.18. The minimum atomic E-state index is 0.0221. The Morgan fingerprint density at radius 2 is 1.81 bits per heavy atom. The van der Waals surface area contributed by atoms with Crippen LogP contribution >= 0.6 is 0 Å². The van der Waals surface area contributed by atoms with Crippen LogP contribution in [0.4, 0.5) is 0 Å². The first-order chi connectivity index (χ1) is 10.1. The normalized spacial score (nSPS) is 13.2. The smallest absolute Gasteiger partial charge is 0.0589 e. The van der Waals surface area contributed by atoms with Gasteiger partial charge in [0.25, 0.3) is 0 Å². The van der Waals surface area contributed by atoms with E-state index in [-0.39, 0.29) is 6.04 Å². The Hall–Kier alpha value is -1.42. The van der Waals surface area contributed by atoms with Crippen molar-refractivity contribution in [2.75, 3.05) is 26.8 Å². The predicted molar refractivity (Wildman–Crippen MR) is 89.5 cm³/mol. The van der Waals surface area contributed by atoms with Gasteiger partial charge in [0.1, 0.15) is 0 Å². The van der Waals surface area contributed by atoms with E-state index in [1.165, 1.54) is 16.3 Å². The lowest BCUT2D eigenvalue weighted by molar-refractivity contribution is 0.125. The summed E-state index contributed by atoms with van der Waals surface area (Å²) in [7, 11) is 1.74. The van der Waals surface area contributed by atoms with E-state index in [9.17, 15) is 0 Å². The number of nitrogens with two attached hydrogens (primary N) is 1. The van der Waals surface area contributed by atoms with E-state index in [0.29, 0.717) is 6.04 Å². The lowest BCUT2D eigenvalue weighted by Gasteiger charge is -2.29. The molecule has 3 heteroatoms. The summed E-state index contributed by atoms with van der Waals surface area (Å²) in [5.41, 5.74) is 7.61. The molecule has 0 amide bonds. The van der Waals surface area contributed by atoms with Crippen molar-refractivity contribution in [1.82, 2.24) is 4.90 Å². The highest BCUT2D eigenvalue weighted by Crippen LogP contribution is 2.20. The summed E-state index contributed by atoms with van der Waals surface area (Å²) >= 11 is 0. The first-order valence-corrected chi connectivity index (χ1v) is 7.59. The number of benzene rings is 2. The molecule has 0 aliphatic rings. The maximum Gasteiger partial charge on any atom is 0.0589 e. The molecule has 1 atom stereocenters. The Morgan fingerprint density at radius 3 is 2.48 bits per heavy atom. The average Bonchev–Trinajstić information content (AvgIpc) is 2.50. The first kappa shape index (κ1) is 16.0. The third-order valence-corrected chi connectivity index (χ3v) is 3.95. The molecule has 2 aromatic rings. The van der Waals surface area contributed by atoms with E-state index in [1.807, 2.05) is 0 Å². The molecule has 0 aliphatic heterocycles. The molecule has 0 saturated carbocycles. The van der Waals surface area contributed by atoms with E-state index in [1.54, 1.807) is 7.11 Å². The quantitative estimate of drug-likeness (QED) is 0.849. The molecule has 0 spiro atoms. The van der Waals surface area contributed by atoms with Crippen LogP contribution < -0.4 is 5.73 Å². The molecule has 2 aromatic carbocycles. The molecule has 3 nitrogen and oxygen atoms in total. The second-order valence-corrected chi connectivity index (χ2v) is 5.79. The fourth-order valence-corrected chi connectivity index (χ4v) is 2.57. The maximum atomic E-state index is 6.41. The number of methoxy groups -OCH3 is 1. The number of fused-ring (bicyclic) bond motifs is 1. The van der Waals surface area contributed by atoms with Gasteiger partial charge >= 0.3 is 0 Å². The van der Waals surface area contributed by atoms with Crippen molar-refractivity contribution >= 4 is 10.8 Å². The lowest BCUT2D eigenvalue weighted by Crippen LogP contribution is -2.39. The molecular formula is C18H26N2O. The van der Waals surface area contributed by atoms with Gasteiger partial charge in [-0.3, -0.25) is 4.90 Å². The molecule has 0 fully saturated rings. The van der Waals surface area contributed by atoms with E-state index in [0.717, 1.165) is 19.7 Å². The topological polar surface area (TPSA) is 38.5 Å². The minimum Gasteiger partial charge on any atom is -0.383 e. The number of rotatable bonds is 7. The molecule has 0 saturated heterocycles. The van der Waals surface area contributed by atoms with Gasteiger partial charge in [0.05, 0.1) is 6.61 Å². The van der Waals surface area contributed by atoms with Crippen molar-refractivity contribution in [1.29, 1.82) is 0 Å². The number of hydrogen-bond acceptors (Lipinski definition) is 3. The standard InChI is InChI=1S/C18H26N2O/c1-14(2)20(10-11-21-3)13-18(19)17-9-8-15-6-4-5-7-16(15)12-17/h4-9,12,14,18H,10-11,13,19H2,1-3H3. The van der Waals surface area contributed by atoms with Crippen molar-refractivity contribution in [2.45, 2.75) is 25.9 Å². The Labute approximate surface area is 127 Å². The Balaban J connectivity index is 2.11. The molecule has 1 unspecified atom stereocenters. The molecule has 0 heterocycles. The van der Waals surface area contributed by atoms with E-state index in [2.05, 4.69) is 61.2 Å². The average molecular weight is 286 g/mol. The van der Waals surface area contributed by atoms with E-state index < -0.39 is 0 Å². The molecule has 2 rings (SSSR count). The minimum absolute atomic E-state index is 0.0221. The fourth-order valence-electron chi connectivity index (χ4n) is 2.57. The van der Waals surface area contributed by atoms with E-state index >= 15 is 0 Å². The van der Waals surface area contributed by atoms with Gasteiger partial charge < -0.3 is 10.5 Å². The largest absolute Gasteiger partial charge is 0.383 e. The third-order valence-electron chi connectivity index (χ3n) is 3.95. The summed E-state index contributed by atoms with van der Waals surface area (Å²) in [4.78, 5) is 2.36. The SMILES string of the molecule is COCCN(CC(N)c1ccc2ccccc2c1)C(C)C. The van der Waals surface area contributed by atoms with Crippen molar-refractivity contribution < 1.29 is 4.74 Å². The predicted octanol–water partition coefficient (Wildman–Crippen LogP) is 3.20. The molecule has 114 valence electrons. The van der Waals surface area contributed by atoms with Gasteiger partial charge in [-0.2, -0.15) is 0 Å². The Morgan fingerprint density at radius 1 is 1.10 bits per heavy atom. The first-order valence-electron chi connectivity index (χ1n) is 7.59. The lowest BCUT2D eigenvalue weighted by atomic mass is 10.0. The number of nitrogens with zero attached hydrogens (tertiary/aromatic N) is 1. The van der Waals surface area contributed by atoms with Crippen molar-refractivity contribution in [3.63, 3.8) is 0 Å². The molecule has 2 N–H and O–H groups in total.